The third kappa shape index (κ3) is 3.06. The number of hydrogen-bond donors (Lipinski definition) is 1. The zero-order valence-electron chi connectivity index (χ0n) is 8.47. The smallest absolute Gasteiger partial charge is 0.0660 e. The first-order chi connectivity index (χ1) is 6.63. The van der Waals surface area contributed by atoms with E-state index in [1.165, 1.54) is 5.56 Å². The van der Waals surface area contributed by atoms with E-state index < -0.39 is 0 Å². The molecule has 14 heavy (non-hydrogen) atoms. The summed E-state index contributed by atoms with van der Waals surface area (Å²) in [5, 5.41) is 3.98. The van der Waals surface area contributed by atoms with Crippen molar-refractivity contribution in [3.8, 4) is 12.3 Å². The molecule has 0 aliphatic rings. The summed E-state index contributed by atoms with van der Waals surface area (Å²) in [5.41, 5.74) is 2.25. The lowest BCUT2D eigenvalue weighted by molar-refractivity contribution is 0.648. The second-order valence-electron chi connectivity index (χ2n) is 3.36. The molecule has 1 N–H and O–H groups in total. The maximum atomic E-state index is 6.06. The van der Waals surface area contributed by atoms with Crippen LogP contribution in [0, 0.1) is 19.3 Å². The molecule has 1 aromatic rings. The molecule has 0 aliphatic heterocycles. The zero-order chi connectivity index (χ0) is 10.6. The Bertz CT molecular complexity index is 352. The summed E-state index contributed by atoms with van der Waals surface area (Å²) in [7, 11) is 0. The molecule has 0 aromatic heterocycles. The summed E-state index contributed by atoms with van der Waals surface area (Å²) in [5.74, 6) is 2.61. The minimum atomic E-state index is 0.0763. The van der Waals surface area contributed by atoms with Gasteiger partial charge in [0.05, 0.1) is 6.04 Å². The van der Waals surface area contributed by atoms with Crippen molar-refractivity contribution in [3.05, 3.63) is 34.3 Å². The van der Waals surface area contributed by atoms with Crippen LogP contribution in [0.1, 0.15) is 18.1 Å². The maximum Gasteiger partial charge on any atom is 0.0660 e. The predicted octanol–water partition coefficient (Wildman–Crippen LogP) is 2.76. The Morgan fingerprint density at radius 3 is 2.86 bits per heavy atom. The molecule has 0 saturated heterocycles. The van der Waals surface area contributed by atoms with Crippen LogP contribution in [-0.2, 0) is 6.54 Å². The number of aryl methyl sites for hydroxylation is 1. The fraction of sp³-hybridized carbons (Fsp3) is 0.333. The van der Waals surface area contributed by atoms with Crippen molar-refractivity contribution >= 4 is 11.6 Å². The van der Waals surface area contributed by atoms with Gasteiger partial charge in [-0.1, -0.05) is 29.7 Å². The lowest BCUT2D eigenvalue weighted by Gasteiger charge is -2.09. The Morgan fingerprint density at radius 1 is 1.57 bits per heavy atom. The molecular formula is C12H14ClN. The normalized spacial score (nSPS) is 12.1. The zero-order valence-corrected chi connectivity index (χ0v) is 9.23. The number of hydrogen-bond acceptors (Lipinski definition) is 1. The summed E-state index contributed by atoms with van der Waals surface area (Å²) in [6.07, 6.45) is 5.25. The molecule has 0 heterocycles. The molecule has 1 nitrogen and oxygen atoms in total. The van der Waals surface area contributed by atoms with Crippen molar-refractivity contribution in [2.24, 2.45) is 0 Å². The Kier molecular flexibility index (Phi) is 4.00. The van der Waals surface area contributed by atoms with E-state index in [4.69, 9.17) is 18.0 Å². The molecule has 1 atom stereocenters. The van der Waals surface area contributed by atoms with E-state index in [2.05, 4.69) is 11.2 Å². The van der Waals surface area contributed by atoms with Crippen molar-refractivity contribution in [1.29, 1.82) is 0 Å². The van der Waals surface area contributed by atoms with E-state index in [9.17, 15) is 0 Å². The maximum absolute atomic E-state index is 6.06. The highest BCUT2D eigenvalue weighted by atomic mass is 35.5. The highest BCUT2D eigenvalue weighted by Crippen LogP contribution is 2.17. The fourth-order valence-electron chi connectivity index (χ4n) is 1.12. The molecule has 0 bridgehead atoms. The highest BCUT2D eigenvalue weighted by molar-refractivity contribution is 6.31. The third-order valence-corrected chi connectivity index (χ3v) is 2.41. The first-order valence-electron chi connectivity index (χ1n) is 4.58. The Balaban J connectivity index is 2.64. The molecule has 0 fully saturated rings. The van der Waals surface area contributed by atoms with Crippen LogP contribution < -0.4 is 5.32 Å². The van der Waals surface area contributed by atoms with E-state index >= 15 is 0 Å². The van der Waals surface area contributed by atoms with Crippen LogP contribution in [0.5, 0.6) is 0 Å². The van der Waals surface area contributed by atoms with Crippen molar-refractivity contribution < 1.29 is 0 Å². The van der Waals surface area contributed by atoms with Gasteiger partial charge in [0, 0.05) is 11.6 Å². The van der Waals surface area contributed by atoms with Crippen molar-refractivity contribution in [2.45, 2.75) is 26.4 Å². The molecule has 0 spiro atoms. The SMILES string of the molecule is C#CC(C)NCc1ccc(C)cc1Cl. The molecule has 1 rings (SSSR count). The molecule has 1 aromatic carbocycles. The number of halogens is 1. The van der Waals surface area contributed by atoms with Crippen LogP contribution >= 0.6 is 11.6 Å². The summed E-state index contributed by atoms with van der Waals surface area (Å²) in [6.45, 7) is 4.68. The summed E-state index contributed by atoms with van der Waals surface area (Å²) in [6, 6.07) is 6.10. The monoisotopic (exact) mass is 207 g/mol. The van der Waals surface area contributed by atoms with Gasteiger partial charge in [0.2, 0.25) is 0 Å². The van der Waals surface area contributed by atoms with Gasteiger partial charge < -0.3 is 0 Å². The van der Waals surface area contributed by atoms with E-state index in [-0.39, 0.29) is 6.04 Å². The van der Waals surface area contributed by atoms with Crippen molar-refractivity contribution in [1.82, 2.24) is 5.32 Å². The second-order valence-corrected chi connectivity index (χ2v) is 3.77. The van der Waals surface area contributed by atoms with Crippen molar-refractivity contribution in [3.63, 3.8) is 0 Å². The fourth-order valence-corrected chi connectivity index (χ4v) is 1.42. The predicted molar refractivity (Wildman–Crippen MR) is 61.3 cm³/mol. The second kappa shape index (κ2) is 5.05. The van der Waals surface area contributed by atoms with Gasteiger partial charge in [-0.2, -0.15) is 0 Å². The number of rotatable bonds is 3. The number of nitrogens with one attached hydrogen (secondary N) is 1. The molecule has 0 radical (unpaired) electrons. The Morgan fingerprint density at radius 2 is 2.29 bits per heavy atom. The molecule has 0 aliphatic carbocycles. The first kappa shape index (κ1) is 11.1. The van der Waals surface area contributed by atoms with E-state index in [1.807, 2.05) is 32.0 Å². The minimum Gasteiger partial charge on any atom is -0.300 e. The van der Waals surface area contributed by atoms with Gasteiger partial charge in [0.15, 0.2) is 0 Å². The van der Waals surface area contributed by atoms with Gasteiger partial charge in [-0.3, -0.25) is 5.32 Å². The van der Waals surface area contributed by atoms with Gasteiger partial charge in [0.25, 0.3) is 0 Å². The number of benzene rings is 1. The molecular weight excluding hydrogens is 194 g/mol. The molecule has 0 saturated carbocycles. The van der Waals surface area contributed by atoms with Crippen LogP contribution in [0.4, 0.5) is 0 Å². The van der Waals surface area contributed by atoms with E-state index in [1.54, 1.807) is 0 Å². The van der Waals surface area contributed by atoms with Crippen LogP contribution in [-0.4, -0.2) is 6.04 Å². The van der Waals surface area contributed by atoms with Crippen molar-refractivity contribution in [2.75, 3.05) is 0 Å². The van der Waals surface area contributed by atoms with Gasteiger partial charge >= 0.3 is 0 Å². The quantitative estimate of drug-likeness (QED) is 0.752. The largest absolute Gasteiger partial charge is 0.300 e. The summed E-state index contributed by atoms with van der Waals surface area (Å²) >= 11 is 6.06. The number of terminal acetylenes is 1. The first-order valence-corrected chi connectivity index (χ1v) is 4.96. The average Bonchev–Trinajstić information content (AvgIpc) is 2.16. The van der Waals surface area contributed by atoms with Crippen LogP contribution in [0.25, 0.3) is 0 Å². The Hall–Kier alpha value is -0.970. The van der Waals surface area contributed by atoms with Gasteiger partial charge in [-0.05, 0) is 31.0 Å². The molecule has 1 unspecified atom stereocenters. The van der Waals surface area contributed by atoms with E-state index in [0.717, 1.165) is 10.6 Å². The third-order valence-electron chi connectivity index (χ3n) is 2.06. The van der Waals surface area contributed by atoms with Gasteiger partial charge in [0.1, 0.15) is 0 Å². The lowest BCUT2D eigenvalue weighted by atomic mass is 10.1. The molecule has 2 heteroatoms. The highest BCUT2D eigenvalue weighted by Gasteiger charge is 2.01. The van der Waals surface area contributed by atoms with Gasteiger partial charge in [-0.15, -0.1) is 6.42 Å². The van der Waals surface area contributed by atoms with Gasteiger partial charge in [-0.25, -0.2) is 0 Å². The average molecular weight is 208 g/mol. The van der Waals surface area contributed by atoms with Crippen LogP contribution in [0.15, 0.2) is 18.2 Å². The Labute approximate surface area is 90.5 Å². The summed E-state index contributed by atoms with van der Waals surface area (Å²) in [4.78, 5) is 0. The van der Waals surface area contributed by atoms with Crippen LogP contribution in [0.3, 0.4) is 0 Å². The minimum absolute atomic E-state index is 0.0763. The lowest BCUT2D eigenvalue weighted by Crippen LogP contribution is -2.23. The topological polar surface area (TPSA) is 12.0 Å². The van der Waals surface area contributed by atoms with Crippen LogP contribution in [0.2, 0.25) is 5.02 Å². The summed E-state index contributed by atoms with van der Waals surface area (Å²) < 4.78 is 0. The van der Waals surface area contributed by atoms with E-state index in [0.29, 0.717) is 6.54 Å². The molecule has 0 amide bonds. The molecule has 74 valence electrons. The standard InChI is InChI=1S/C12H14ClN/c1-4-10(3)14-8-11-6-5-9(2)7-12(11)13/h1,5-7,10,14H,8H2,2-3H3.